The summed E-state index contributed by atoms with van der Waals surface area (Å²) < 4.78 is 5.23. The minimum Gasteiger partial charge on any atom is -0.497 e. The number of aryl methyl sites for hydroxylation is 1. The first kappa shape index (κ1) is 15.1. The van der Waals surface area contributed by atoms with E-state index >= 15 is 0 Å². The maximum absolute atomic E-state index is 5.23. The maximum Gasteiger partial charge on any atom is 0.136 e. The summed E-state index contributed by atoms with van der Waals surface area (Å²) in [6, 6.07) is 9.75. The lowest BCUT2D eigenvalue weighted by Crippen LogP contribution is -2.23. The molecular formula is C16H22N4O. The molecule has 0 amide bonds. The Labute approximate surface area is 126 Å². The van der Waals surface area contributed by atoms with E-state index in [1.54, 1.807) is 7.11 Å². The monoisotopic (exact) mass is 286 g/mol. The molecule has 0 saturated heterocycles. The number of benzene rings is 1. The van der Waals surface area contributed by atoms with Crippen LogP contribution in [-0.2, 0) is 0 Å². The van der Waals surface area contributed by atoms with Crippen LogP contribution in [0.25, 0.3) is 0 Å². The van der Waals surface area contributed by atoms with E-state index in [1.165, 1.54) is 0 Å². The predicted molar refractivity (Wildman–Crippen MR) is 86.6 cm³/mol. The van der Waals surface area contributed by atoms with Gasteiger partial charge in [-0.1, -0.05) is 6.07 Å². The van der Waals surface area contributed by atoms with Crippen LogP contribution in [0.3, 0.4) is 0 Å². The van der Waals surface area contributed by atoms with E-state index in [2.05, 4.69) is 34.0 Å². The Morgan fingerprint density at radius 3 is 2.57 bits per heavy atom. The number of aromatic nitrogens is 2. The van der Waals surface area contributed by atoms with Crippen LogP contribution in [0.5, 0.6) is 5.75 Å². The fraction of sp³-hybridized carbons (Fsp3) is 0.375. The highest BCUT2D eigenvalue weighted by molar-refractivity contribution is 5.61. The highest BCUT2D eigenvalue weighted by Gasteiger charge is 2.07. The molecule has 0 fully saturated rings. The highest BCUT2D eigenvalue weighted by Crippen LogP contribution is 2.22. The Balaban J connectivity index is 2.27. The molecule has 0 aliphatic heterocycles. The first-order valence-electron chi connectivity index (χ1n) is 7.18. The normalized spacial score (nSPS) is 10.3. The van der Waals surface area contributed by atoms with E-state index in [9.17, 15) is 0 Å². The second kappa shape index (κ2) is 6.92. The molecule has 1 aromatic carbocycles. The maximum atomic E-state index is 5.23. The zero-order chi connectivity index (χ0) is 15.2. The molecule has 1 heterocycles. The van der Waals surface area contributed by atoms with Gasteiger partial charge in [-0.3, -0.25) is 0 Å². The third-order valence-corrected chi connectivity index (χ3v) is 3.25. The van der Waals surface area contributed by atoms with Gasteiger partial charge in [0, 0.05) is 30.9 Å². The molecule has 0 radical (unpaired) electrons. The van der Waals surface area contributed by atoms with Crippen LogP contribution in [0.1, 0.15) is 19.7 Å². The lowest BCUT2D eigenvalue weighted by atomic mass is 10.3. The van der Waals surface area contributed by atoms with E-state index in [0.717, 1.165) is 42.0 Å². The summed E-state index contributed by atoms with van der Waals surface area (Å²) in [5, 5.41) is 3.31. The summed E-state index contributed by atoms with van der Waals surface area (Å²) in [6.45, 7) is 7.99. The second-order valence-electron chi connectivity index (χ2n) is 4.69. The molecule has 5 nitrogen and oxygen atoms in total. The fourth-order valence-electron chi connectivity index (χ4n) is 2.17. The van der Waals surface area contributed by atoms with E-state index in [0.29, 0.717) is 0 Å². The molecule has 0 atom stereocenters. The molecule has 0 spiro atoms. The van der Waals surface area contributed by atoms with Crippen molar-refractivity contribution in [2.24, 2.45) is 0 Å². The Morgan fingerprint density at radius 1 is 1.14 bits per heavy atom. The highest BCUT2D eigenvalue weighted by atomic mass is 16.5. The Hall–Kier alpha value is -2.30. The van der Waals surface area contributed by atoms with E-state index in [-0.39, 0.29) is 0 Å². The molecule has 0 saturated carbocycles. The van der Waals surface area contributed by atoms with Gasteiger partial charge in [0.1, 0.15) is 23.2 Å². The summed E-state index contributed by atoms with van der Waals surface area (Å²) in [6.07, 6.45) is 0. The smallest absolute Gasteiger partial charge is 0.136 e. The van der Waals surface area contributed by atoms with Crippen LogP contribution < -0.4 is 15.0 Å². The molecule has 0 aliphatic rings. The first-order valence-corrected chi connectivity index (χ1v) is 7.18. The van der Waals surface area contributed by atoms with Crippen LogP contribution in [0.4, 0.5) is 17.3 Å². The summed E-state index contributed by atoms with van der Waals surface area (Å²) in [7, 11) is 1.66. The van der Waals surface area contributed by atoms with Crippen LogP contribution >= 0.6 is 0 Å². The summed E-state index contributed by atoms with van der Waals surface area (Å²) in [5.41, 5.74) is 0.943. The van der Waals surface area contributed by atoms with Crippen molar-refractivity contribution in [3.05, 3.63) is 36.2 Å². The lowest BCUT2D eigenvalue weighted by Gasteiger charge is -2.20. The van der Waals surface area contributed by atoms with Crippen LogP contribution in [0.2, 0.25) is 0 Å². The molecule has 112 valence electrons. The van der Waals surface area contributed by atoms with Crippen molar-refractivity contribution in [2.45, 2.75) is 20.8 Å². The number of nitrogens with one attached hydrogen (secondary N) is 1. The largest absolute Gasteiger partial charge is 0.497 e. The standard InChI is InChI=1S/C16H22N4O/c1-5-20(6-2)16-11-15(17-12(3)18-16)19-13-8-7-9-14(10-13)21-4/h7-11H,5-6H2,1-4H3,(H,17,18,19). The second-order valence-corrected chi connectivity index (χ2v) is 4.69. The molecule has 2 rings (SSSR count). The topological polar surface area (TPSA) is 50.3 Å². The molecule has 0 bridgehead atoms. The van der Waals surface area contributed by atoms with Gasteiger partial charge in [-0.15, -0.1) is 0 Å². The third kappa shape index (κ3) is 3.84. The number of ether oxygens (including phenoxy) is 1. The van der Waals surface area contributed by atoms with Crippen molar-refractivity contribution >= 4 is 17.3 Å². The van der Waals surface area contributed by atoms with Gasteiger partial charge >= 0.3 is 0 Å². The number of anilines is 3. The summed E-state index contributed by atoms with van der Waals surface area (Å²) in [5.74, 6) is 3.30. The minimum atomic E-state index is 0.754. The summed E-state index contributed by atoms with van der Waals surface area (Å²) in [4.78, 5) is 11.1. The predicted octanol–water partition coefficient (Wildman–Crippen LogP) is 3.38. The van der Waals surface area contributed by atoms with Gasteiger partial charge in [-0.2, -0.15) is 0 Å². The Morgan fingerprint density at radius 2 is 1.90 bits per heavy atom. The van der Waals surface area contributed by atoms with E-state index in [4.69, 9.17) is 4.74 Å². The van der Waals surface area contributed by atoms with E-state index < -0.39 is 0 Å². The SMILES string of the molecule is CCN(CC)c1cc(Nc2cccc(OC)c2)nc(C)n1. The quantitative estimate of drug-likeness (QED) is 0.882. The van der Waals surface area contributed by atoms with Gasteiger partial charge in [0.15, 0.2) is 0 Å². The van der Waals surface area contributed by atoms with Crippen LogP contribution in [0, 0.1) is 6.92 Å². The van der Waals surface area contributed by atoms with Crippen molar-refractivity contribution in [3.63, 3.8) is 0 Å². The first-order chi connectivity index (χ1) is 10.2. The molecule has 21 heavy (non-hydrogen) atoms. The van der Waals surface area contributed by atoms with Crippen LogP contribution in [0.15, 0.2) is 30.3 Å². The number of hydrogen-bond donors (Lipinski definition) is 1. The Kier molecular flexibility index (Phi) is 4.98. The summed E-state index contributed by atoms with van der Waals surface area (Å²) >= 11 is 0. The molecule has 2 aromatic rings. The van der Waals surface area contributed by atoms with Crippen molar-refractivity contribution in [1.82, 2.24) is 9.97 Å². The average Bonchev–Trinajstić information content (AvgIpc) is 2.48. The number of rotatable bonds is 6. The molecule has 0 unspecified atom stereocenters. The molecule has 1 aromatic heterocycles. The van der Waals surface area contributed by atoms with Crippen molar-refractivity contribution in [2.75, 3.05) is 30.4 Å². The van der Waals surface area contributed by atoms with Crippen LogP contribution in [-0.4, -0.2) is 30.2 Å². The van der Waals surface area contributed by atoms with Crippen molar-refractivity contribution < 1.29 is 4.74 Å². The fourth-order valence-corrected chi connectivity index (χ4v) is 2.17. The van der Waals surface area contributed by atoms with Gasteiger partial charge < -0.3 is 15.0 Å². The number of hydrogen-bond acceptors (Lipinski definition) is 5. The van der Waals surface area contributed by atoms with Gasteiger partial charge in [0.2, 0.25) is 0 Å². The molecule has 5 heteroatoms. The number of nitrogens with zero attached hydrogens (tertiary/aromatic N) is 3. The van der Waals surface area contributed by atoms with Gasteiger partial charge in [0.05, 0.1) is 7.11 Å². The lowest BCUT2D eigenvalue weighted by molar-refractivity contribution is 0.415. The average molecular weight is 286 g/mol. The Bertz CT molecular complexity index is 597. The van der Waals surface area contributed by atoms with E-state index in [1.807, 2.05) is 37.3 Å². The molecule has 0 aliphatic carbocycles. The van der Waals surface area contributed by atoms with Gasteiger partial charge in [-0.05, 0) is 32.9 Å². The number of methoxy groups -OCH3 is 1. The zero-order valence-electron chi connectivity index (χ0n) is 13.1. The minimum absolute atomic E-state index is 0.754. The van der Waals surface area contributed by atoms with Crippen molar-refractivity contribution in [1.29, 1.82) is 0 Å². The molecule has 1 N–H and O–H groups in total. The van der Waals surface area contributed by atoms with Gasteiger partial charge in [0.25, 0.3) is 0 Å². The zero-order valence-corrected chi connectivity index (χ0v) is 13.1. The van der Waals surface area contributed by atoms with Gasteiger partial charge in [-0.25, -0.2) is 9.97 Å². The third-order valence-electron chi connectivity index (χ3n) is 3.25. The molecular weight excluding hydrogens is 264 g/mol. The van der Waals surface area contributed by atoms with Crippen molar-refractivity contribution in [3.8, 4) is 5.75 Å².